The zero-order valence-corrected chi connectivity index (χ0v) is 6.12. The zero-order valence-electron chi connectivity index (χ0n) is 6.12. The van der Waals surface area contributed by atoms with Crippen molar-refractivity contribution in [2.45, 2.75) is 24.4 Å². The molecule has 0 aromatic carbocycles. The van der Waals surface area contributed by atoms with Crippen molar-refractivity contribution in [1.29, 1.82) is 0 Å². The van der Waals surface area contributed by atoms with Crippen molar-refractivity contribution >= 4 is 5.97 Å². The van der Waals surface area contributed by atoms with Gasteiger partial charge >= 0.3 is 5.97 Å². The number of hydrogen-bond acceptors (Lipinski definition) is 6. The minimum Gasteiger partial charge on any atom is -0.461 e. The molecule has 0 aromatic rings. The number of carbonyl (C=O) groups excluding carboxylic acids is 1. The number of aliphatic hydroxyl groups is 4. The lowest BCUT2D eigenvalue weighted by molar-refractivity contribution is -0.158. The Kier molecular flexibility index (Phi) is 2.63. The van der Waals surface area contributed by atoms with Crippen LogP contribution in [0.15, 0.2) is 0 Å². The van der Waals surface area contributed by atoms with Gasteiger partial charge in [-0.1, -0.05) is 0 Å². The number of carbonyl (C=O) groups is 1. The lowest BCUT2D eigenvalue weighted by Gasteiger charge is -2.18. The minimum atomic E-state index is -1.79. The molecule has 1 aliphatic rings. The van der Waals surface area contributed by atoms with Gasteiger partial charge in [0.25, 0.3) is 0 Å². The summed E-state index contributed by atoms with van der Waals surface area (Å²) in [5, 5.41) is 35.9. The van der Waals surface area contributed by atoms with Gasteiger partial charge < -0.3 is 25.2 Å². The molecular formula is C6H10O6. The van der Waals surface area contributed by atoms with E-state index in [9.17, 15) is 4.79 Å². The van der Waals surface area contributed by atoms with Crippen molar-refractivity contribution in [2.24, 2.45) is 0 Å². The third kappa shape index (κ3) is 1.56. The van der Waals surface area contributed by atoms with Crippen LogP contribution in [0.5, 0.6) is 0 Å². The van der Waals surface area contributed by atoms with Crippen LogP contribution in [-0.4, -0.2) is 57.4 Å². The van der Waals surface area contributed by atoms with Crippen molar-refractivity contribution in [3.8, 4) is 0 Å². The molecule has 1 heterocycles. The summed E-state index contributed by atoms with van der Waals surface area (Å²) in [6.07, 6.45) is -6.42. The van der Waals surface area contributed by atoms with Crippen LogP contribution in [0.1, 0.15) is 0 Å². The van der Waals surface area contributed by atoms with Crippen molar-refractivity contribution in [2.75, 3.05) is 6.61 Å². The highest BCUT2D eigenvalue weighted by atomic mass is 16.6. The Labute approximate surface area is 68.0 Å². The molecule has 1 rings (SSSR count). The van der Waals surface area contributed by atoms with Crippen LogP contribution in [-0.2, 0) is 9.53 Å². The fourth-order valence-corrected chi connectivity index (χ4v) is 0.905. The first-order chi connectivity index (χ1) is 5.54. The minimum absolute atomic E-state index is 0.422. The SMILES string of the molecule is O=C1OC[C@H](O)[C@@H](O)[C@H](O)[C@H]1O. The predicted octanol–water partition coefficient (Wildman–Crippen LogP) is -3.01. The summed E-state index contributed by atoms with van der Waals surface area (Å²) in [6, 6.07) is 0. The topological polar surface area (TPSA) is 107 Å². The molecule has 0 amide bonds. The van der Waals surface area contributed by atoms with Crippen LogP contribution in [0.25, 0.3) is 0 Å². The van der Waals surface area contributed by atoms with Gasteiger partial charge in [-0.3, -0.25) is 0 Å². The van der Waals surface area contributed by atoms with Crippen LogP contribution < -0.4 is 0 Å². The average molecular weight is 178 g/mol. The van der Waals surface area contributed by atoms with Crippen molar-refractivity contribution in [3.05, 3.63) is 0 Å². The molecular weight excluding hydrogens is 168 g/mol. The Balaban J connectivity index is 2.75. The molecule has 6 nitrogen and oxygen atoms in total. The number of aliphatic hydroxyl groups excluding tert-OH is 4. The van der Waals surface area contributed by atoms with E-state index in [0.29, 0.717) is 0 Å². The second-order valence-corrected chi connectivity index (χ2v) is 2.62. The molecule has 1 saturated heterocycles. The van der Waals surface area contributed by atoms with Gasteiger partial charge in [0.05, 0.1) is 0 Å². The highest BCUT2D eigenvalue weighted by Gasteiger charge is 2.39. The van der Waals surface area contributed by atoms with Gasteiger partial charge in [0.15, 0.2) is 6.10 Å². The van der Waals surface area contributed by atoms with Crippen LogP contribution in [0.3, 0.4) is 0 Å². The number of rotatable bonds is 0. The van der Waals surface area contributed by atoms with E-state index >= 15 is 0 Å². The molecule has 70 valence electrons. The predicted molar refractivity (Wildman–Crippen MR) is 35.0 cm³/mol. The van der Waals surface area contributed by atoms with Crippen molar-refractivity contribution in [1.82, 2.24) is 0 Å². The van der Waals surface area contributed by atoms with E-state index < -0.39 is 37.0 Å². The maximum Gasteiger partial charge on any atom is 0.337 e. The highest BCUT2D eigenvalue weighted by molar-refractivity contribution is 5.75. The molecule has 1 aliphatic heterocycles. The van der Waals surface area contributed by atoms with E-state index in [4.69, 9.17) is 20.4 Å². The third-order valence-corrected chi connectivity index (χ3v) is 1.71. The molecule has 0 unspecified atom stereocenters. The smallest absolute Gasteiger partial charge is 0.337 e. The van der Waals surface area contributed by atoms with Gasteiger partial charge in [-0.05, 0) is 0 Å². The third-order valence-electron chi connectivity index (χ3n) is 1.71. The monoisotopic (exact) mass is 178 g/mol. The first-order valence-corrected chi connectivity index (χ1v) is 3.43. The van der Waals surface area contributed by atoms with Gasteiger partial charge in [0, 0.05) is 0 Å². The summed E-state index contributed by atoms with van der Waals surface area (Å²) in [5.74, 6) is -1.04. The lowest BCUT2D eigenvalue weighted by atomic mass is 10.1. The summed E-state index contributed by atoms with van der Waals surface area (Å²) >= 11 is 0. The molecule has 6 heteroatoms. The fourth-order valence-electron chi connectivity index (χ4n) is 0.905. The van der Waals surface area contributed by atoms with Crippen molar-refractivity contribution in [3.63, 3.8) is 0 Å². The molecule has 0 spiro atoms. The van der Waals surface area contributed by atoms with E-state index in [1.807, 2.05) is 0 Å². The van der Waals surface area contributed by atoms with Crippen LogP contribution >= 0.6 is 0 Å². The van der Waals surface area contributed by atoms with Crippen molar-refractivity contribution < 1.29 is 30.0 Å². The summed E-state index contributed by atoms with van der Waals surface area (Å²) in [7, 11) is 0. The molecule has 4 N–H and O–H groups in total. The zero-order chi connectivity index (χ0) is 9.30. The molecule has 0 saturated carbocycles. The van der Waals surface area contributed by atoms with E-state index in [2.05, 4.69) is 4.74 Å². The summed E-state index contributed by atoms with van der Waals surface area (Å²) < 4.78 is 4.31. The lowest BCUT2D eigenvalue weighted by Crippen LogP contribution is -2.44. The first-order valence-electron chi connectivity index (χ1n) is 3.43. The Bertz CT molecular complexity index is 181. The maximum absolute atomic E-state index is 10.7. The number of ether oxygens (including phenoxy) is 1. The molecule has 12 heavy (non-hydrogen) atoms. The largest absolute Gasteiger partial charge is 0.461 e. The normalized spacial score (nSPS) is 43.5. The summed E-state index contributed by atoms with van der Waals surface area (Å²) in [4.78, 5) is 10.7. The number of esters is 1. The second-order valence-electron chi connectivity index (χ2n) is 2.62. The van der Waals surface area contributed by atoms with Gasteiger partial charge in [0.1, 0.15) is 24.9 Å². The molecule has 0 aliphatic carbocycles. The van der Waals surface area contributed by atoms with Gasteiger partial charge in [-0.25, -0.2) is 4.79 Å². The Morgan fingerprint density at radius 3 is 2.33 bits per heavy atom. The quantitative estimate of drug-likeness (QED) is 0.294. The van der Waals surface area contributed by atoms with Gasteiger partial charge in [-0.2, -0.15) is 0 Å². The second kappa shape index (κ2) is 3.36. The Hall–Kier alpha value is -0.690. The van der Waals surface area contributed by atoms with Gasteiger partial charge in [-0.15, -0.1) is 0 Å². The summed E-state index contributed by atoms with van der Waals surface area (Å²) in [6.45, 7) is -0.422. The maximum atomic E-state index is 10.7. The Morgan fingerprint density at radius 1 is 1.17 bits per heavy atom. The van der Waals surface area contributed by atoms with Crippen LogP contribution in [0, 0.1) is 0 Å². The van der Waals surface area contributed by atoms with Crippen LogP contribution in [0.2, 0.25) is 0 Å². The standard InChI is InChI=1S/C6H10O6/c7-2-1-12-6(11)5(10)4(9)3(2)8/h2-5,7-10H,1H2/t2-,3+,4-,5+/m0/s1. The molecule has 1 fully saturated rings. The number of hydrogen-bond donors (Lipinski definition) is 4. The van der Waals surface area contributed by atoms with Gasteiger partial charge in [0.2, 0.25) is 0 Å². The van der Waals surface area contributed by atoms with E-state index in [1.54, 1.807) is 0 Å². The molecule has 0 aromatic heterocycles. The van der Waals surface area contributed by atoms with Crippen LogP contribution in [0.4, 0.5) is 0 Å². The fraction of sp³-hybridized carbons (Fsp3) is 0.833. The number of cyclic esters (lactones) is 1. The highest BCUT2D eigenvalue weighted by Crippen LogP contribution is 2.11. The van der Waals surface area contributed by atoms with E-state index in [0.717, 1.165) is 0 Å². The van der Waals surface area contributed by atoms with E-state index in [-0.39, 0.29) is 0 Å². The Morgan fingerprint density at radius 2 is 1.75 bits per heavy atom. The molecule has 4 atom stereocenters. The molecule has 0 radical (unpaired) electrons. The summed E-state index contributed by atoms with van der Waals surface area (Å²) in [5.41, 5.74) is 0. The molecule has 0 bridgehead atoms. The van der Waals surface area contributed by atoms with E-state index in [1.165, 1.54) is 0 Å². The average Bonchev–Trinajstić information content (AvgIpc) is 2.14. The first kappa shape index (κ1) is 9.40.